The summed E-state index contributed by atoms with van der Waals surface area (Å²) in [5.41, 5.74) is 0.672. The van der Waals surface area contributed by atoms with Gasteiger partial charge in [0.1, 0.15) is 5.75 Å². The van der Waals surface area contributed by atoms with Gasteiger partial charge in [-0.2, -0.15) is 8.78 Å². The Balaban J connectivity index is 2.01. The lowest BCUT2D eigenvalue weighted by Crippen LogP contribution is -2.03. The molecule has 1 N–H and O–H groups in total. The van der Waals surface area contributed by atoms with Gasteiger partial charge in [0.2, 0.25) is 0 Å². The fourth-order valence-electron chi connectivity index (χ4n) is 1.64. The van der Waals surface area contributed by atoms with Crippen molar-refractivity contribution in [2.24, 2.45) is 0 Å². The molecule has 2 rings (SSSR count). The van der Waals surface area contributed by atoms with Gasteiger partial charge < -0.3 is 9.84 Å². The van der Waals surface area contributed by atoms with Crippen LogP contribution in [0.3, 0.4) is 0 Å². The minimum atomic E-state index is -2.83. The first kappa shape index (κ1) is 14.4. The Morgan fingerprint density at radius 2 is 1.84 bits per heavy atom. The predicted octanol–water partition coefficient (Wildman–Crippen LogP) is 4.39. The fraction of sp³-hybridized carbons (Fsp3) is 0.231. The average Bonchev–Trinajstić information content (AvgIpc) is 2.75. The summed E-state index contributed by atoms with van der Waals surface area (Å²) in [7, 11) is 0. The van der Waals surface area contributed by atoms with E-state index < -0.39 is 12.7 Å². The summed E-state index contributed by atoms with van der Waals surface area (Å²) in [5.74, 6) is 0.0878. The molecule has 0 spiro atoms. The molecule has 1 aromatic heterocycles. The Morgan fingerprint density at radius 1 is 1.16 bits per heavy atom. The van der Waals surface area contributed by atoms with Crippen LogP contribution in [0.15, 0.2) is 40.2 Å². The minimum Gasteiger partial charge on any atom is -0.435 e. The molecule has 1 heterocycles. The molecule has 102 valence electrons. The van der Waals surface area contributed by atoms with Gasteiger partial charge in [-0.25, -0.2) is 0 Å². The summed E-state index contributed by atoms with van der Waals surface area (Å²) >= 11 is 4.92. The van der Waals surface area contributed by atoms with Crippen molar-refractivity contribution < 1.29 is 18.6 Å². The molecule has 2 nitrogen and oxygen atoms in total. The largest absolute Gasteiger partial charge is 0.435 e. The highest BCUT2D eigenvalue weighted by atomic mass is 79.9. The topological polar surface area (TPSA) is 29.5 Å². The molecule has 1 aromatic carbocycles. The van der Waals surface area contributed by atoms with Crippen LogP contribution in [-0.2, 0) is 6.42 Å². The van der Waals surface area contributed by atoms with Crippen LogP contribution < -0.4 is 4.74 Å². The van der Waals surface area contributed by atoms with Crippen LogP contribution in [0.1, 0.15) is 16.5 Å². The van der Waals surface area contributed by atoms with Gasteiger partial charge in [0.25, 0.3) is 0 Å². The maximum absolute atomic E-state index is 12.0. The first-order valence-corrected chi connectivity index (χ1v) is 7.12. The van der Waals surface area contributed by atoms with Crippen molar-refractivity contribution in [2.45, 2.75) is 19.1 Å². The Labute approximate surface area is 121 Å². The highest BCUT2D eigenvalue weighted by molar-refractivity contribution is 9.11. The standard InChI is InChI=1S/C13H11BrF2O2S/c14-12-6-5-10(19-12)7-11(17)8-1-3-9(4-2-8)18-13(15)16/h1-6,11,13,17H,7H2. The zero-order valence-corrected chi connectivity index (χ0v) is 12.1. The molecule has 0 bridgehead atoms. The summed E-state index contributed by atoms with van der Waals surface area (Å²) in [6.45, 7) is -2.83. The second-order valence-corrected chi connectivity index (χ2v) is 6.42. The summed E-state index contributed by atoms with van der Waals surface area (Å²) in [5, 5.41) is 10.1. The van der Waals surface area contributed by atoms with E-state index in [1.54, 1.807) is 23.5 Å². The van der Waals surface area contributed by atoms with E-state index in [2.05, 4.69) is 20.7 Å². The van der Waals surface area contributed by atoms with Crippen LogP contribution in [0.4, 0.5) is 8.78 Å². The zero-order valence-electron chi connectivity index (χ0n) is 9.72. The third-order valence-corrected chi connectivity index (χ3v) is 4.16. The van der Waals surface area contributed by atoms with Gasteiger partial charge in [-0.15, -0.1) is 11.3 Å². The molecule has 0 saturated carbocycles. The van der Waals surface area contributed by atoms with Crippen molar-refractivity contribution in [3.63, 3.8) is 0 Å². The fourth-order valence-corrected chi connectivity index (χ4v) is 3.16. The van der Waals surface area contributed by atoms with Crippen molar-refractivity contribution in [1.29, 1.82) is 0 Å². The Bertz CT molecular complexity index is 528. The number of benzene rings is 1. The third kappa shape index (κ3) is 4.26. The van der Waals surface area contributed by atoms with E-state index in [-0.39, 0.29) is 5.75 Å². The number of rotatable bonds is 5. The second-order valence-electron chi connectivity index (χ2n) is 3.87. The Kier molecular flexibility index (Phi) is 4.90. The smallest absolute Gasteiger partial charge is 0.387 e. The van der Waals surface area contributed by atoms with Crippen molar-refractivity contribution >= 4 is 27.3 Å². The van der Waals surface area contributed by atoms with E-state index in [9.17, 15) is 13.9 Å². The van der Waals surface area contributed by atoms with Crippen molar-refractivity contribution in [3.8, 4) is 5.75 Å². The van der Waals surface area contributed by atoms with Crippen LogP contribution in [-0.4, -0.2) is 11.7 Å². The Hall–Kier alpha value is -0.980. The molecule has 6 heteroatoms. The van der Waals surface area contributed by atoms with Crippen LogP contribution >= 0.6 is 27.3 Å². The highest BCUT2D eigenvalue weighted by Crippen LogP contribution is 2.27. The predicted molar refractivity (Wildman–Crippen MR) is 73.8 cm³/mol. The lowest BCUT2D eigenvalue weighted by Gasteiger charge is -2.11. The molecular weight excluding hydrogens is 338 g/mol. The molecular formula is C13H11BrF2O2S. The number of alkyl halides is 2. The third-order valence-electron chi connectivity index (χ3n) is 2.51. The molecule has 19 heavy (non-hydrogen) atoms. The lowest BCUT2D eigenvalue weighted by atomic mass is 10.1. The molecule has 0 amide bonds. The zero-order chi connectivity index (χ0) is 13.8. The number of aliphatic hydroxyl groups excluding tert-OH is 1. The van der Waals surface area contributed by atoms with Crippen LogP contribution in [0, 0.1) is 0 Å². The Morgan fingerprint density at radius 3 is 2.37 bits per heavy atom. The quantitative estimate of drug-likeness (QED) is 0.868. The molecule has 0 saturated heterocycles. The molecule has 2 aromatic rings. The van der Waals surface area contributed by atoms with E-state index in [1.165, 1.54) is 12.1 Å². The van der Waals surface area contributed by atoms with Crippen LogP contribution in [0.2, 0.25) is 0 Å². The first-order valence-electron chi connectivity index (χ1n) is 5.51. The van der Waals surface area contributed by atoms with E-state index >= 15 is 0 Å². The SMILES string of the molecule is OC(Cc1ccc(Br)s1)c1ccc(OC(F)F)cc1. The van der Waals surface area contributed by atoms with Gasteiger partial charge in [-0.3, -0.25) is 0 Å². The van der Waals surface area contributed by atoms with Gasteiger partial charge in [0, 0.05) is 11.3 Å². The van der Waals surface area contributed by atoms with Gasteiger partial charge in [0.15, 0.2) is 0 Å². The van der Waals surface area contributed by atoms with Crippen molar-refractivity contribution in [3.05, 3.63) is 50.6 Å². The number of ether oxygens (including phenoxy) is 1. The molecule has 0 fully saturated rings. The maximum atomic E-state index is 12.0. The number of aliphatic hydroxyl groups is 1. The first-order chi connectivity index (χ1) is 9.04. The van der Waals surface area contributed by atoms with Crippen molar-refractivity contribution in [1.82, 2.24) is 0 Å². The molecule has 0 aliphatic carbocycles. The van der Waals surface area contributed by atoms with Crippen LogP contribution in [0.25, 0.3) is 0 Å². The van der Waals surface area contributed by atoms with Gasteiger partial charge >= 0.3 is 6.61 Å². The van der Waals surface area contributed by atoms with Gasteiger partial charge in [-0.1, -0.05) is 12.1 Å². The van der Waals surface area contributed by atoms with Crippen molar-refractivity contribution in [2.75, 3.05) is 0 Å². The number of hydrogen-bond donors (Lipinski definition) is 1. The van der Waals surface area contributed by atoms with E-state index in [0.29, 0.717) is 12.0 Å². The highest BCUT2D eigenvalue weighted by Gasteiger charge is 2.11. The monoisotopic (exact) mass is 348 g/mol. The molecule has 1 atom stereocenters. The summed E-state index contributed by atoms with van der Waals surface area (Å²) in [6, 6.07) is 9.89. The average molecular weight is 349 g/mol. The number of thiophene rings is 1. The summed E-state index contributed by atoms with van der Waals surface area (Å²) in [6.07, 6.45) is -0.170. The van der Waals surface area contributed by atoms with Gasteiger partial charge in [0.05, 0.1) is 9.89 Å². The maximum Gasteiger partial charge on any atom is 0.387 e. The molecule has 1 unspecified atom stereocenters. The number of hydrogen-bond acceptors (Lipinski definition) is 3. The number of halogens is 3. The van der Waals surface area contributed by atoms with Crippen LogP contribution in [0.5, 0.6) is 5.75 Å². The van der Waals surface area contributed by atoms with Gasteiger partial charge in [-0.05, 0) is 45.8 Å². The second kappa shape index (κ2) is 6.45. The summed E-state index contributed by atoms with van der Waals surface area (Å²) < 4.78 is 29.3. The molecule has 0 aliphatic heterocycles. The normalized spacial score (nSPS) is 12.7. The molecule has 0 radical (unpaired) electrons. The van der Waals surface area contributed by atoms with E-state index in [4.69, 9.17) is 0 Å². The van der Waals surface area contributed by atoms with E-state index in [1.807, 2.05) is 12.1 Å². The molecule has 0 aliphatic rings. The lowest BCUT2D eigenvalue weighted by molar-refractivity contribution is -0.0498. The minimum absolute atomic E-state index is 0.0878. The van der Waals surface area contributed by atoms with E-state index in [0.717, 1.165) is 8.66 Å². The summed E-state index contributed by atoms with van der Waals surface area (Å²) in [4.78, 5) is 1.05.